The Balaban J connectivity index is 2.19. The van der Waals surface area contributed by atoms with E-state index in [1.54, 1.807) is 25.3 Å². The number of carbonyl (C=O) groups excluding carboxylic acids is 1. The van der Waals surface area contributed by atoms with Crippen molar-refractivity contribution < 1.29 is 19.0 Å². The molecule has 1 N–H and O–H groups in total. The van der Waals surface area contributed by atoms with E-state index in [4.69, 9.17) is 25.8 Å². The monoisotopic (exact) mass is 363 g/mol. The number of amides is 1. The van der Waals surface area contributed by atoms with Gasteiger partial charge in [-0.1, -0.05) is 41.9 Å². The number of ether oxygens (including phenoxy) is 3. The van der Waals surface area contributed by atoms with Crippen LogP contribution in [0.3, 0.4) is 0 Å². The minimum absolute atomic E-state index is 0.136. The lowest BCUT2D eigenvalue weighted by molar-refractivity contribution is -0.120. The van der Waals surface area contributed by atoms with Gasteiger partial charge in [-0.25, -0.2) is 0 Å². The van der Waals surface area contributed by atoms with Crippen LogP contribution in [0.1, 0.15) is 24.1 Å². The van der Waals surface area contributed by atoms with Gasteiger partial charge in [0, 0.05) is 24.6 Å². The van der Waals surface area contributed by atoms with Crippen molar-refractivity contribution in [3.63, 3.8) is 0 Å². The van der Waals surface area contributed by atoms with Crippen LogP contribution in [0.25, 0.3) is 0 Å². The molecular weight excluding hydrogens is 342 g/mol. The van der Waals surface area contributed by atoms with Crippen LogP contribution in [0, 0.1) is 0 Å². The van der Waals surface area contributed by atoms with E-state index in [9.17, 15) is 4.79 Å². The van der Waals surface area contributed by atoms with E-state index in [0.717, 1.165) is 11.1 Å². The highest BCUT2D eigenvalue weighted by molar-refractivity contribution is 6.30. The fourth-order valence-corrected chi connectivity index (χ4v) is 2.54. The van der Waals surface area contributed by atoms with Crippen molar-refractivity contribution in [1.29, 1.82) is 0 Å². The van der Waals surface area contributed by atoms with Crippen molar-refractivity contribution in [3.05, 3.63) is 64.7 Å². The Morgan fingerprint density at radius 1 is 1.20 bits per heavy atom. The fourth-order valence-electron chi connectivity index (χ4n) is 2.36. The van der Waals surface area contributed by atoms with Crippen molar-refractivity contribution >= 4 is 17.5 Å². The Bertz CT molecular complexity index is 678. The Morgan fingerprint density at radius 3 is 2.64 bits per heavy atom. The molecule has 2 rings (SSSR count). The number of halogens is 1. The molecule has 0 aliphatic carbocycles. The molecule has 0 spiro atoms. The molecule has 0 aliphatic rings. The summed E-state index contributed by atoms with van der Waals surface area (Å²) in [5.41, 5.74) is 1.81. The quantitative estimate of drug-likeness (QED) is 0.545. The summed E-state index contributed by atoms with van der Waals surface area (Å²) in [5, 5.41) is 3.42. The van der Waals surface area contributed by atoms with Gasteiger partial charge in [-0.2, -0.15) is 0 Å². The standard InChI is InChI=1S/C19H22ClNO4/c1-14(22)21-18(12-24-13-23-2)17-10-16(20)8-9-19(17)25-11-15-6-4-3-5-7-15/h3-10,18H,11-13H2,1-2H3,(H,21,22)/t18-/m1/s1. The van der Waals surface area contributed by atoms with E-state index in [1.807, 2.05) is 30.3 Å². The second-order valence-corrected chi connectivity index (χ2v) is 5.92. The molecule has 2 aromatic carbocycles. The van der Waals surface area contributed by atoms with Crippen LogP contribution in [0.5, 0.6) is 5.75 Å². The Morgan fingerprint density at radius 2 is 1.96 bits per heavy atom. The first-order valence-corrected chi connectivity index (χ1v) is 8.28. The van der Waals surface area contributed by atoms with Gasteiger partial charge in [-0.15, -0.1) is 0 Å². The van der Waals surface area contributed by atoms with Crippen LogP contribution < -0.4 is 10.1 Å². The third-order valence-electron chi connectivity index (χ3n) is 3.45. The zero-order valence-electron chi connectivity index (χ0n) is 14.3. The van der Waals surface area contributed by atoms with Crippen molar-refractivity contribution in [2.75, 3.05) is 20.5 Å². The summed E-state index contributed by atoms with van der Waals surface area (Å²) in [6, 6.07) is 14.8. The van der Waals surface area contributed by atoms with Gasteiger partial charge in [-0.05, 0) is 23.8 Å². The molecule has 25 heavy (non-hydrogen) atoms. The number of rotatable bonds is 9. The van der Waals surface area contributed by atoms with Crippen LogP contribution in [0.2, 0.25) is 5.02 Å². The van der Waals surface area contributed by atoms with Gasteiger partial charge in [0.25, 0.3) is 0 Å². The summed E-state index contributed by atoms with van der Waals surface area (Å²) >= 11 is 6.14. The van der Waals surface area contributed by atoms with Gasteiger partial charge in [0.1, 0.15) is 19.1 Å². The fraction of sp³-hybridized carbons (Fsp3) is 0.316. The molecule has 1 atom stereocenters. The van der Waals surface area contributed by atoms with Crippen molar-refractivity contribution in [2.24, 2.45) is 0 Å². The number of benzene rings is 2. The molecule has 0 saturated heterocycles. The highest BCUT2D eigenvalue weighted by Gasteiger charge is 2.19. The Labute approximate surface area is 152 Å². The Hall–Kier alpha value is -2.08. The molecule has 2 aromatic rings. The summed E-state index contributed by atoms with van der Waals surface area (Å²) in [6.07, 6.45) is 0. The van der Waals surface area contributed by atoms with Gasteiger partial charge in [0.15, 0.2) is 0 Å². The summed E-state index contributed by atoms with van der Waals surface area (Å²) in [4.78, 5) is 11.6. The first kappa shape index (κ1) is 19.2. The number of nitrogens with one attached hydrogen (secondary N) is 1. The molecule has 0 aromatic heterocycles. The van der Waals surface area contributed by atoms with E-state index < -0.39 is 6.04 Å². The van der Waals surface area contributed by atoms with Crippen LogP contribution in [-0.4, -0.2) is 26.4 Å². The van der Waals surface area contributed by atoms with Gasteiger partial charge in [-0.3, -0.25) is 4.79 Å². The summed E-state index contributed by atoms with van der Waals surface area (Å²) in [5.74, 6) is 0.480. The first-order valence-electron chi connectivity index (χ1n) is 7.90. The average Bonchev–Trinajstić information content (AvgIpc) is 2.60. The average molecular weight is 364 g/mol. The lowest BCUT2D eigenvalue weighted by atomic mass is 10.1. The predicted octanol–water partition coefficient (Wildman–Crippen LogP) is 3.72. The highest BCUT2D eigenvalue weighted by atomic mass is 35.5. The van der Waals surface area contributed by atoms with Gasteiger partial charge in [0.05, 0.1) is 12.6 Å². The zero-order chi connectivity index (χ0) is 18.1. The van der Waals surface area contributed by atoms with E-state index in [-0.39, 0.29) is 19.3 Å². The Kier molecular flexibility index (Phi) is 7.73. The second-order valence-electron chi connectivity index (χ2n) is 5.49. The number of hydrogen-bond acceptors (Lipinski definition) is 4. The second kappa shape index (κ2) is 10.0. The van der Waals surface area contributed by atoms with Crippen LogP contribution >= 0.6 is 11.6 Å². The predicted molar refractivity (Wildman–Crippen MR) is 96.6 cm³/mol. The third-order valence-corrected chi connectivity index (χ3v) is 3.68. The topological polar surface area (TPSA) is 56.8 Å². The molecule has 0 fully saturated rings. The molecule has 5 nitrogen and oxygen atoms in total. The largest absolute Gasteiger partial charge is 0.489 e. The van der Waals surface area contributed by atoms with E-state index >= 15 is 0 Å². The smallest absolute Gasteiger partial charge is 0.217 e. The first-order chi connectivity index (χ1) is 12.1. The zero-order valence-corrected chi connectivity index (χ0v) is 15.1. The maximum atomic E-state index is 11.6. The van der Waals surface area contributed by atoms with Crippen molar-refractivity contribution in [3.8, 4) is 5.75 Å². The van der Waals surface area contributed by atoms with Crippen molar-refractivity contribution in [1.82, 2.24) is 5.32 Å². The lowest BCUT2D eigenvalue weighted by Gasteiger charge is -2.21. The third kappa shape index (κ3) is 6.38. The van der Waals surface area contributed by atoms with Crippen LogP contribution in [-0.2, 0) is 20.9 Å². The van der Waals surface area contributed by atoms with Gasteiger partial charge < -0.3 is 19.5 Å². The molecular formula is C19H22ClNO4. The molecule has 0 unspecified atom stereocenters. The van der Waals surface area contributed by atoms with Crippen LogP contribution in [0.4, 0.5) is 0 Å². The summed E-state index contributed by atoms with van der Waals surface area (Å²) in [6.45, 7) is 2.26. The molecule has 6 heteroatoms. The molecule has 0 radical (unpaired) electrons. The summed E-state index contributed by atoms with van der Waals surface area (Å²) in [7, 11) is 1.54. The van der Waals surface area contributed by atoms with E-state index in [2.05, 4.69) is 5.32 Å². The van der Waals surface area contributed by atoms with Gasteiger partial charge in [0.2, 0.25) is 5.91 Å². The molecule has 0 heterocycles. The minimum atomic E-state index is -0.392. The van der Waals surface area contributed by atoms with Crippen molar-refractivity contribution in [2.45, 2.75) is 19.6 Å². The maximum absolute atomic E-state index is 11.6. The molecule has 1 amide bonds. The SMILES string of the molecule is COCOC[C@@H](NC(C)=O)c1cc(Cl)ccc1OCc1ccccc1. The maximum Gasteiger partial charge on any atom is 0.217 e. The normalized spacial score (nSPS) is 11.8. The molecule has 0 bridgehead atoms. The minimum Gasteiger partial charge on any atom is -0.489 e. The lowest BCUT2D eigenvalue weighted by Crippen LogP contribution is -2.30. The number of carbonyl (C=O) groups is 1. The highest BCUT2D eigenvalue weighted by Crippen LogP contribution is 2.29. The van der Waals surface area contributed by atoms with E-state index in [1.165, 1.54) is 6.92 Å². The molecule has 0 saturated carbocycles. The van der Waals surface area contributed by atoms with Crippen LogP contribution in [0.15, 0.2) is 48.5 Å². The number of hydrogen-bond donors (Lipinski definition) is 1. The number of methoxy groups -OCH3 is 1. The molecule has 0 aliphatic heterocycles. The van der Waals surface area contributed by atoms with E-state index in [0.29, 0.717) is 17.4 Å². The summed E-state index contributed by atoms with van der Waals surface area (Å²) < 4.78 is 16.3. The van der Waals surface area contributed by atoms with Gasteiger partial charge >= 0.3 is 0 Å². The molecule has 134 valence electrons.